The zero-order chi connectivity index (χ0) is 30.1. The molecule has 0 bridgehead atoms. The third-order valence-electron chi connectivity index (χ3n) is 7.84. The highest BCUT2D eigenvalue weighted by molar-refractivity contribution is 9.10. The highest BCUT2D eigenvalue weighted by Gasteiger charge is 2.37. The van der Waals surface area contributed by atoms with Crippen molar-refractivity contribution >= 4 is 50.9 Å². The Kier molecular flexibility index (Phi) is 8.41. The van der Waals surface area contributed by atoms with Gasteiger partial charge in [0.05, 0.1) is 29.5 Å². The number of aromatic nitrogens is 1. The fraction of sp³-hybridized carbons (Fsp3) is 0.303. The number of carbonyl (C=O) groups excluding carboxylic acids is 1. The topological polar surface area (TPSA) is 86.3 Å². The summed E-state index contributed by atoms with van der Waals surface area (Å²) in [6.45, 7) is 6.10. The predicted octanol–water partition coefficient (Wildman–Crippen LogP) is 5.54. The zero-order valence-corrected chi connectivity index (χ0v) is 26.6. The zero-order valence-electron chi connectivity index (χ0n) is 24.2. The maximum absolute atomic E-state index is 14.2. The molecular formula is C33H32BrN3O5S. The van der Waals surface area contributed by atoms with Gasteiger partial charge in [-0.2, -0.15) is 0 Å². The summed E-state index contributed by atoms with van der Waals surface area (Å²) in [4.78, 5) is 35.5. The molecular weight excluding hydrogens is 630 g/mol. The van der Waals surface area contributed by atoms with E-state index < -0.39 is 12.0 Å². The van der Waals surface area contributed by atoms with Crippen molar-refractivity contribution in [3.63, 3.8) is 0 Å². The number of carbonyl (C=O) groups is 1. The molecule has 4 heterocycles. The van der Waals surface area contributed by atoms with Crippen LogP contribution in [0.3, 0.4) is 0 Å². The number of anilines is 1. The average molecular weight is 663 g/mol. The number of piperidine rings is 1. The van der Waals surface area contributed by atoms with Crippen molar-refractivity contribution in [2.45, 2.75) is 32.7 Å². The molecule has 1 saturated heterocycles. The summed E-state index contributed by atoms with van der Waals surface area (Å²) in [6, 6.07) is 18.0. The number of rotatable bonds is 7. The Morgan fingerprint density at radius 2 is 1.91 bits per heavy atom. The van der Waals surface area contributed by atoms with Gasteiger partial charge in [0.2, 0.25) is 0 Å². The standard InChI is InChI=1S/C33H32BrN3O5S/c1-4-41-32(39)28-29(21-8-6-5-7-9-21)35-33-37(30(28)24-18-22(34)10-12-25(24)40-3)31(38)26(43-33)19-23-11-13-27(42-23)36-16-14-20(2)15-17-36/h5-13,18-20,30H,4,14-17H2,1-3H3/b26-19-/t30-/m1/s1. The van der Waals surface area contributed by atoms with Crippen LogP contribution in [0.25, 0.3) is 11.8 Å². The number of ether oxygens (including phenoxy) is 2. The van der Waals surface area contributed by atoms with Gasteiger partial charge in [-0.15, -0.1) is 0 Å². The molecule has 0 radical (unpaired) electrons. The largest absolute Gasteiger partial charge is 0.496 e. The number of hydrogen-bond acceptors (Lipinski definition) is 8. The highest BCUT2D eigenvalue weighted by atomic mass is 79.9. The maximum atomic E-state index is 14.2. The van der Waals surface area contributed by atoms with Gasteiger partial charge < -0.3 is 18.8 Å². The van der Waals surface area contributed by atoms with Gasteiger partial charge in [-0.05, 0) is 49.9 Å². The van der Waals surface area contributed by atoms with Crippen LogP contribution in [-0.4, -0.2) is 37.3 Å². The normalized spacial score (nSPS) is 17.5. The van der Waals surface area contributed by atoms with Crippen molar-refractivity contribution in [2.75, 3.05) is 31.7 Å². The van der Waals surface area contributed by atoms with Crippen LogP contribution in [0.1, 0.15) is 49.6 Å². The van der Waals surface area contributed by atoms with Crippen LogP contribution in [0.4, 0.5) is 5.88 Å². The molecule has 1 atom stereocenters. The molecule has 10 heteroatoms. The summed E-state index contributed by atoms with van der Waals surface area (Å²) in [5.74, 6) is 2.09. The monoisotopic (exact) mass is 661 g/mol. The van der Waals surface area contributed by atoms with E-state index >= 15 is 0 Å². The number of fused-ring (bicyclic) bond motifs is 1. The van der Waals surface area contributed by atoms with Gasteiger partial charge in [0, 0.05) is 40.8 Å². The third-order valence-corrected chi connectivity index (χ3v) is 9.32. The van der Waals surface area contributed by atoms with Crippen LogP contribution in [0.15, 0.2) is 84.9 Å². The summed E-state index contributed by atoms with van der Waals surface area (Å²) >= 11 is 4.83. The Labute approximate surface area is 261 Å². The van der Waals surface area contributed by atoms with Crippen molar-refractivity contribution in [1.29, 1.82) is 0 Å². The van der Waals surface area contributed by atoms with Crippen LogP contribution < -0.4 is 24.5 Å². The van der Waals surface area contributed by atoms with E-state index in [9.17, 15) is 9.59 Å². The lowest BCUT2D eigenvalue weighted by atomic mass is 9.92. The van der Waals surface area contributed by atoms with Gasteiger partial charge >= 0.3 is 5.97 Å². The fourth-order valence-electron chi connectivity index (χ4n) is 5.60. The molecule has 1 fully saturated rings. The van der Waals surface area contributed by atoms with Crippen LogP contribution in [0.2, 0.25) is 0 Å². The lowest BCUT2D eigenvalue weighted by molar-refractivity contribution is -0.138. The maximum Gasteiger partial charge on any atom is 0.338 e. The van der Waals surface area contributed by atoms with Crippen LogP contribution in [0.5, 0.6) is 5.75 Å². The minimum atomic E-state index is -0.845. The molecule has 0 saturated carbocycles. The average Bonchev–Trinajstić information content (AvgIpc) is 3.61. The Hall–Kier alpha value is -3.89. The number of thiazole rings is 1. The van der Waals surface area contributed by atoms with Crippen LogP contribution >= 0.6 is 27.3 Å². The van der Waals surface area contributed by atoms with E-state index in [4.69, 9.17) is 18.9 Å². The summed E-state index contributed by atoms with van der Waals surface area (Å²) in [6.07, 6.45) is 4.01. The van der Waals surface area contributed by atoms with Gasteiger partial charge in [-0.1, -0.05) is 64.5 Å². The first-order valence-electron chi connectivity index (χ1n) is 14.3. The van der Waals surface area contributed by atoms with E-state index in [0.29, 0.717) is 38.0 Å². The molecule has 0 unspecified atom stereocenters. The smallest absolute Gasteiger partial charge is 0.338 e. The van der Waals surface area contributed by atoms with Crippen molar-refractivity contribution in [3.8, 4) is 5.75 Å². The SMILES string of the molecule is CCOC(=O)C1=C(c2ccccc2)N=c2s/c(=C\c3ccc(N4CCC(C)CC4)o3)c(=O)n2[C@@H]1c1cc(Br)ccc1OC. The van der Waals surface area contributed by atoms with E-state index in [1.54, 1.807) is 24.7 Å². The lowest BCUT2D eigenvalue weighted by Gasteiger charge is -2.29. The van der Waals surface area contributed by atoms with Gasteiger partial charge in [-0.25, -0.2) is 9.79 Å². The molecule has 2 aromatic carbocycles. The Balaban J connectivity index is 1.56. The Morgan fingerprint density at radius 3 is 2.63 bits per heavy atom. The molecule has 2 aliphatic rings. The van der Waals surface area contributed by atoms with E-state index in [-0.39, 0.29) is 17.7 Å². The molecule has 2 aliphatic heterocycles. The molecule has 43 heavy (non-hydrogen) atoms. The van der Waals surface area contributed by atoms with Crippen molar-refractivity contribution in [1.82, 2.24) is 4.57 Å². The summed E-state index contributed by atoms with van der Waals surface area (Å²) in [5.41, 5.74) is 1.82. The van der Waals surface area contributed by atoms with Gasteiger partial charge in [0.1, 0.15) is 17.6 Å². The Bertz CT molecular complexity index is 1870. The summed E-state index contributed by atoms with van der Waals surface area (Å²) < 4.78 is 20.3. The van der Waals surface area contributed by atoms with Crippen LogP contribution in [0, 0.1) is 5.92 Å². The number of furan rings is 1. The summed E-state index contributed by atoms with van der Waals surface area (Å²) in [5, 5.41) is 0. The molecule has 0 aliphatic carbocycles. The molecule has 2 aromatic heterocycles. The second-order valence-electron chi connectivity index (χ2n) is 10.7. The first-order valence-corrected chi connectivity index (χ1v) is 16.0. The number of benzene rings is 2. The fourth-order valence-corrected chi connectivity index (χ4v) is 6.96. The molecule has 4 aromatic rings. The molecule has 0 spiro atoms. The van der Waals surface area contributed by atoms with Crippen molar-refractivity contribution < 1.29 is 18.7 Å². The van der Waals surface area contributed by atoms with Crippen LogP contribution in [-0.2, 0) is 9.53 Å². The summed E-state index contributed by atoms with van der Waals surface area (Å²) in [7, 11) is 1.57. The van der Waals surface area contributed by atoms with E-state index in [1.807, 2.05) is 60.7 Å². The number of halogens is 1. The third kappa shape index (κ3) is 5.73. The quantitative estimate of drug-likeness (QED) is 0.242. The van der Waals surface area contributed by atoms with Gasteiger partial charge in [0.25, 0.3) is 5.56 Å². The molecule has 0 N–H and O–H groups in total. The minimum Gasteiger partial charge on any atom is -0.496 e. The Morgan fingerprint density at radius 1 is 1.14 bits per heavy atom. The lowest BCUT2D eigenvalue weighted by Crippen LogP contribution is -2.40. The van der Waals surface area contributed by atoms with Crippen molar-refractivity contribution in [2.24, 2.45) is 10.9 Å². The van der Waals surface area contributed by atoms with Gasteiger partial charge in [-0.3, -0.25) is 9.36 Å². The second kappa shape index (κ2) is 12.4. The number of methoxy groups -OCH3 is 1. The predicted molar refractivity (Wildman–Crippen MR) is 171 cm³/mol. The first-order chi connectivity index (χ1) is 20.9. The second-order valence-corrected chi connectivity index (χ2v) is 12.6. The number of esters is 1. The minimum absolute atomic E-state index is 0.175. The number of nitrogens with zero attached hydrogens (tertiary/aromatic N) is 3. The van der Waals surface area contributed by atoms with E-state index in [2.05, 4.69) is 27.8 Å². The number of hydrogen-bond donors (Lipinski definition) is 0. The van der Waals surface area contributed by atoms with E-state index in [0.717, 1.165) is 41.9 Å². The molecule has 8 nitrogen and oxygen atoms in total. The van der Waals surface area contributed by atoms with E-state index in [1.165, 1.54) is 11.3 Å². The molecule has 6 rings (SSSR count). The molecule has 0 amide bonds. The first kappa shape index (κ1) is 29.2. The van der Waals surface area contributed by atoms with Gasteiger partial charge in [0.15, 0.2) is 10.7 Å². The highest BCUT2D eigenvalue weighted by Crippen LogP contribution is 2.40. The van der Waals surface area contributed by atoms with Crippen molar-refractivity contribution in [3.05, 3.63) is 107 Å². The molecule has 222 valence electrons.